The maximum Gasteiger partial charge on any atom is 0.283 e. The number of likely N-dealkylation sites (N-methyl/N-ethyl adjacent to an activating group) is 2. The first-order chi connectivity index (χ1) is 9.49. The Morgan fingerprint density at radius 2 is 2.30 bits per heavy atom. The molecule has 1 saturated heterocycles. The van der Waals surface area contributed by atoms with Gasteiger partial charge < -0.3 is 9.80 Å². The van der Waals surface area contributed by atoms with Crippen LogP contribution in [0.1, 0.15) is 18.4 Å². The van der Waals surface area contributed by atoms with E-state index in [1.54, 1.807) is 6.07 Å². The van der Waals surface area contributed by atoms with Gasteiger partial charge in [-0.05, 0) is 55.0 Å². The average molecular weight is 342 g/mol. The first-order valence-electron chi connectivity index (χ1n) is 6.79. The molecule has 20 heavy (non-hydrogen) atoms. The zero-order valence-electron chi connectivity index (χ0n) is 11.9. The maximum atomic E-state index is 10.9. The summed E-state index contributed by atoms with van der Waals surface area (Å²) in [6.45, 7) is 2.87. The normalized spacial score (nSPS) is 19.7. The zero-order chi connectivity index (χ0) is 14.7. The SMILES string of the molecule is CN(Cc1cccc([N+](=O)[O-])c1Br)CC1CCCN1C. The predicted molar refractivity (Wildman–Crippen MR) is 82.8 cm³/mol. The molecular weight excluding hydrogens is 322 g/mol. The van der Waals surface area contributed by atoms with Gasteiger partial charge in [0.05, 0.1) is 9.40 Å². The first kappa shape index (κ1) is 15.4. The molecule has 110 valence electrons. The Balaban J connectivity index is 2.02. The van der Waals surface area contributed by atoms with Gasteiger partial charge in [-0.2, -0.15) is 0 Å². The number of benzene rings is 1. The largest absolute Gasteiger partial charge is 0.302 e. The van der Waals surface area contributed by atoms with Crippen LogP contribution < -0.4 is 0 Å². The van der Waals surface area contributed by atoms with Gasteiger partial charge in [0.15, 0.2) is 0 Å². The van der Waals surface area contributed by atoms with Crippen molar-refractivity contribution in [2.75, 3.05) is 27.2 Å². The van der Waals surface area contributed by atoms with Gasteiger partial charge in [-0.15, -0.1) is 0 Å². The third-order valence-corrected chi connectivity index (χ3v) is 4.80. The van der Waals surface area contributed by atoms with Gasteiger partial charge in [0, 0.05) is 25.2 Å². The van der Waals surface area contributed by atoms with E-state index in [0.29, 0.717) is 17.1 Å². The van der Waals surface area contributed by atoms with Crippen LogP contribution in [0.5, 0.6) is 0 Å². The van der Waals surface area contributed by atoms with Crippen molar-refractivity contribution in [1.82, 2.24) is 9.80 Å². The van der Waals surface area contributed by atoms with Crippen molar-refractivity contribution >= 4 is 21.6 Å². The monoisotopic (exact) mass is 341 g/mol. The van der Waals surface area contributed by atoms with E-state index in [4.69, 9.17) is 0 Å². The summed E-state index contributed by atoms with van der Waals surface area (Å²) in [5.74, 6) is 0. The van der Waals surface area contributed by atoms with E-state index in [9.17, 15) is 10.1 Å². The highest BCUT2D eigenvalue weighted by atomic mass is 79.9. The van der Waals surface area contributed by atoms with Crippen LogP contribution in [0.4, 0.5) is 5.69 Å². The molecule has 1 aliphatic rings. The molecule has 1 aromatic rings. The van der Waals surface area contributed by atoms with Crippen molar-refractivity contribution in [2.24, 2.45) is 0 Å². The van der Waals surface area contributed by atoms with Gasteiger partial charge in [-0.1, -0.05) is 12.1 Å². The lowest BCUT2D eigenvalue weighted by molar-refractivity contribution is -0.385. The molecular formula is C14H20BrN3O2. The fraction of sp³-hybridized carbons (Fsp3) is 0.571. The second-order valence-electron chi connectivity index (χ2n) is 5.48. The second kappa shape index (κ2) is 6.65. The van der Waals surface area contributed by atoms with E-state index in [-0.39, 0.29) is 10.6 Å². The molecule has 6 heteroatoms. The smallest absolute Gasteiger partial charge is 0.283 e. The van der Waals surface area contributed by atoms with Crippen LogP contribution in [0.3, 0.4) is 0 Å². The molecule has 0 radical (unpaired) electrons. The van der Waals surface area contributed by atoms with Gasteiger partial charge in [-0.25, -0.2) is 0 Å². The highest BCUT2D eigenvalue weighted by molar-refractivity contribution is 9.10. The summed E-state index contributed by atoms with van der Waals surface area (Å²) in [5, 5.41) is 10.9. The molecule has 5 nitrogen and oxygen atoms in total. The van der Waals surface area contributed by atoms with E-state index in [1.807, 2.05) is 6.07 Å². The molecule has 0 aromatic heterocycles. The summed E-state index contributed by atoms with van der Waals surface area (Å²) in [6.07, 6.45) is 2.49. The van der Waals surface area contributed by atoms with Crippen LogP contribution in [0.25, 0.3) is 0 Å². The van der Waals surface area contributed by atoms with Crippen LogP contribution in [0.2, 0.25) is 0 Å². The molecule has 1 unspecified atom stereocenters. The summed E-state index contributed by atoms with van der Waals surface area (Å²) in [5.41, 5.74) is 1.09. The third kappa shape index (κ3) is 3.56. The van der Waals surface area contributed by atoms with Crippen LogP contribution in [0.15, 0.2) is 22.7 Å². The van der Waals surface area contributed by atoms with E-state index in [0.717, 1.165) is 12.1 Å². The van der Waals surface area contributed by atoms with Crippen molar-refractivity contribution in [1.29, 1.82) is 0 Å². The maximum absolute atomic E-state index is 10.9. The minimum atomic E-state index is -0.349. The summed E-state index contributed by atoms with van der Waals surface area (Å²) in [4.78, 5) is 15.2. The Morgan fingerprint density at radius 3 is 2.90 bits per heavy atom. The minimum absolute atomic E-state index is 0.133. The van der Waals surface area contributed by atoms with Gasteiger partial charge in [0.2, 0.25) is 0 Å². The van der Waals surface area contributed by atoms with Gasteiger partial charge in [-0.3, -0.25) is 10.1 Å². The van der Waals surface area contributed by atoms with Crippen LogP contribution in [-0.2, 0) is 6.54 Å². The molecule has 0 amide bonds. The fourth-order valence-corrected chi connectivity index (χ4v) is 3.29. The lowest BCUT2D eigenvalue weighted by atomic mass is 10.1. The topological polar surface area (TPSA) is 49.6 Å². The van der Waals surface area contributed by atoms with E-state index < -0.39 is 0 Å². The molecule has 1 aromatic carbocycles. The van der Waals surface area contributed by atoms with Crippen LogP contribution >= 0.6 is 15.9 Å². The van der Waals surface area contributed by atoms with Gasteiger partial charge in [0.1, 0.15) is 0 Å². The molecule has 0 spiro atoms. The number of halogens is 1. The van der Waals surface area contributed by atoms with Crippen molar-refractivity contribution in [3.05, 3.63) is 38.3 Å². The molecule has 1 atom stereocenters. The van der Waals surface area contributed by atoms with E-state index >= 15 is 0 Å². The Morgan fingerprint density at radius 1 is 1.55 bits per heavy atom. The van der Waals surface area contributed by atoms with Crippen molar-refractivity contribution in [3.8, 4) is 0 Å². The number of nitrogens with zero attached hydrogens (tertiary/aromatic N) is 3. The number of hydrogen-bond acceptors (Lipinski definition) is 4. The molecule has 0 N–H and O–H groups in total. The highest BCUT2D eigenvalue weighted by Gasteiger charge is 2.23. The summed E-state index contributed by atoms with van der Waals surface area (Å²) >= 11 is 3.36. The zero-order valence-corrected chi connectivity index (χ0v) is 13.5. The van der Waals surface area contributed by atoms with Crippen molar-refractivity contribution in [3.63, 3.8) is 0 Å². The highest BCUT2D eigenvalue weighted by Crippen LogP contribution is 2.29. The Bertz CT molecular complexity index is 495. The molecule has 1 heterocycles. The van der Waals surface area contributed by atoms with Gasteiger partial charge in [0.25, 0.3) is 5.69 Å². The molecule has 1 fully saturated rings. The lowest BCUT2D eigenvalue weighted by Gasteiger charge is -2.26. The van der Waals surface area contributed by atoms with Gasteiger partial charge >= 0.3 is 0 Å². The number of likely N-dealkylation sites (tertiary alicyclic amines) is 1. The molecule has 2 rings (SSSR count). The predicted octanol–water partition coefficient (Wildman–Crippen LogP) is 2.88. The van der Waals surface area contributed by atoms with E-state index in [2.05, 4.69) is 39.8 Å². The Kier molecular flexibility index (Phi) is 5.12. The van der Waals surface area contributed by atoms with E-state index in [1.165, 1.54) is 25.5 Å². The number of rotatable bonds is 5. The number of nitro groups is 1. The average Bonchev–Trinajstić information content (AvgIpc) is 2.77. The molecule has 0 aliphatic carbocycles. The Hall–Kier alpha value is -0.980. The summed E-state index contributed by atoms with van der Waals surface area (Å²) in [6, 6.07) is 5.80. The summed E-state index contributed by atoms with van der Waals surface area (Å²) < 4.78 is 0.594. The fourth-order valence-electron chi connectivity index (χ4n) is 2.75. The molecule has 1 aliphatic heterocycles. The van der Waals surface area contributed by atoms with Crippen LogP contribution in [0, 0.1) is 10.1 Å². The third-order valence-electron chi connectivity index (χ3n) is 3.89. The molecule has 0 bridgehead atoms. The number of hydrogen-bond donors (Lipinski definition) is 0. The van der Waals surface area contributed by atoms with Crippen molar-refractivity contribution < 1.29 is 4.92 Å². The Labute approximate surface area is 127 Å². The standard InChI is InChI=1S/C14H20BrN3O2/c1-16(10-12-6-4-8-17(12)2)9-11-5-3-7-13(14(11)15)18(19)20/h3,5,7,12H,4,6,8-10H2,1-2H3. The quantitative estimate of drug-likeness (QED) is 0.610. The molecule has 0 saturated carbocycles. The number of nitro benzene ring substituents is 1. The first-order valence-corrected chi connectivity index (χ1v) is 7.59. The lowest BCUT2D eigenvalue weighted by Crippen LogP contribution is -2.36. The van der Waals surface area contributed by atoms with Crippen LogP contribution in [-0.4, -0.2) is 47.9 Å². The summed E-state index contributed by atoms with van der Waals surface area (Å²) in [7, 11) is 4.23. The minimum Gasteiger partial charge on any atom is -0.302 e. The van der Waals surface area contributed by atoms with Crippen molar-refractivity contribution in [2.45, 2.75) is 25.4 Å². The second-order valence-corrected chi connectivity index (χ2v) is 6.27.